The summed E-state index contributed by atoms with van der Waals surface area (Å²) in [7, 11) is 1.34. The van der Waals surface area contributed by atoms with Crippen LogP contribution in [-0.2, 0) is 35.1 Å². The van der Waals surface area contributed by atoms with Crippen LogP contribution in [-0.4, -0.2) is 82.1 Å². The molecule has 2 unspecified atom stereocenters. The third-order valence-corrected chi connectivity index (χ3v) is 11.9. The summed E-state index contributed by atoms with van der Waals surface area (Å²) in [6.07, 6.45) is 2.89. The maximum absolute atomic E-state index is 14.3. The fourth-order valence-electron chi connectivity index (χ4n) is 9.40. The number of fused-ring (bicyclic) bond motifs is 2. The third-order valence-electron chi connectivity index (χ3n) is 11.9. The first-order valence-corrected chi connectivity index (χ1v) is 17.1. The monoisotopic (exact) mass is 674 g/mol. The van der Waals surface area contributed by atoms with Gasteiger partial charge in [0.1, 0.15) is 5.41 Å². The van der Waals surface area contributed by atoms with Gasteiger partial charge in [0.05, 0.1) is 30.3 Å². The van der Waals surface area contributed by atoms with Crippen molar-refractivity contribution in [2.24, 2.45) is 40.7 Å². The maximum Gasteiger partial charge on any atom is 0.331 e. The first-order valence-electron chi connectivity index (χ1n) is 17.1. The SMILES string of the molecule is C=C1C(C)C2[C@H](Cc3ccccc3)NC(=O)[C@]23OC(=O)C=CC2=C(C(=O)CCC[C@@H](C)CC=C[C@H]3[C@@H]1O)[C@@H](OC)[C@H]1[C@@H](O)[C@H](O)[C@@]21C(N)=O. The van der Waals surface area contributed by atoms with Crippen molar-refractivity contribution < 1.29 is 44.0 Å². The predicted octanol–water partition coefficient (Wildman–Crippen LogP) is 1.85. The average Bonchev–Trinajstić information content (AvgIpc) is 3.50. The summed E-state index contributed by atoms with van der Waals surface area (Å²) in [6, 6.07) is 9.17. The van der Waals surface area contributed by atoms with Gasteiger partial charge in [-0.15, -0.1) is 0 Å². The third kappa shape index (κ3) is 5.24. The lowest BCUT2D eigenvalue weighted by molar-refractivity contribution is -0.213. The number of carbonyl (C=O) groups excluding carboxylic acids is 4. The van der Waals surface area contributed by atoms with Crippen molar-refractivity contribution in [3.63, 3.8) is 0 Å². The Kier molecular flexibility index (Phi) is 9.34. The van der Waals surface area contributed by atoms with Crippen LogP contribution in [0.4, 0.5) is 0 Å². The van der Waals surface area contributed by atoms with Crippen LogP contribution in [0, 0.1) is 35.0 Å². The fraction of sp³-hybridized carbons (Fsp3) is 0.526. The molecule has 3 fully saturated rings. The van der Waals surface area contributed by atoms with E-state index in [2.05, 4.69) is 11.9 Å². The van der Waals surface area contributed by atoms with Crippen LogP contribution in [0.5, 0.6) is 0 Å². The van der Waals surface area contributed by atoms with Crippen molar-refractivity contribution in [2.75, 3.05) is 7.11 Å². The number of aliphatic hydroxyl groups excluding tert-OH is 3. The number of amides is 2. The molecule has 49 heavy (non-hydrogen) atoms. The predicted molar refractivity (Wildman–Crippen MR) is 178 cm³/mol. The number of nitrogens with one attached hydrogen (secondary N) is 1. The number of methoxy groups -OCH3 is 1. The number of hydrogen-bond acceptors (Lipinski definition) is 9. The second-order valence-electron chi connectivity index (χ2n) is 14.4. The lowest BCUT2D eigenvalue weighted by Crippen LogP contribution is -2.70. The largest absolute Gasteiger partial charge is 0.445 e. The minimum absolute atomic E-state index is 0.00880. The molecular formula is C38H46N2O9. The van der Waals surface area contributed by atoms with Gasteiger partial charge in [-0.2, -0.15) is 0 Å². The highest BCUT2D eigenvalue weighted by Gasteiger charge is 2.74. The Labute approximate surface area is 285 Å². The van der Waals surface area contributed by atoms with E-state index in [1.807, 2.05) is 50.3 Å². The molecule has 1 saturated heterocycles. The summed E-state index contributed by atoms with van der Waals surface area (Å²) in [5, 5.41) is 36.5. The number of allylic oxidation sites excluding steroid dienone is 2. The molecule has 3 aliphatic carbocycles. The normalized spacial score (nSPS) is 40.9. The van der Waals surface area contributed by atoms with E-state index in [4.69, 9.17) is 15.2 Å². The van der Waals surface area contributed by atoms with Gasteiger partial charge in [0.25, 0.3) is 5.91 Å². The van der Waals surface area contributed by atoms with E-state index in [0.29, 0.717) is 31.3 Å². The smallest absolute Gasteiger partial charge is 0.331 e. The van der Waals surface area contributed by atoms with Crippen LogP contribution in [0.3, 0.4) is 0 Å². The first kappa shape index (κ1) is 34.9. The standard InChI is InChI=1S/C38H46N2O9/c1-19-10-8-14-24-31(43)21(3)20(2)29-25(18-22-12-6-5-7-13-22)40-36(47)38(24,29)49-27(42)17-16-23-28(26(41)15-9-11-19)33(48-4)30-32(44)34(45)37(23,30)35(39)46/h5-8,12-14,16-17,19-20,24-25,29-34,43-45H,3,9-11,15,18H2,1-2,4H3,(H2,39,46)(H,40,47)/t19-,20?,24-,25-,29?,30+,31+,32+,33+,34-,37+,38+/m0/s1. The Balaban J connectivity index is 1.48. The van der Waals surface area contributed by atoms with E-state index in [1.54, 1.807) is 6.08 Å². The van der Waals surface area contributed by atoms with Crippen LogP contribution in [0.15, 0.2) is 77.9 Å². The molecule has 2 heterocycles. The van der Waals surface area contributed by atoms with Gasteiger partial charge in [0.15, 0.2) is 5.78 Å². The number of aliphatic hydroxyl groups is 3. The van der Waals surface area contributed by atoms with E-state index in [-0.39, 0.29) is 29.3 Å². The van der Waals surface area contributed by atoms with E-state index >= 15 is 0 Å². The zero-order chi connectivity index (χ0) is 35.4. The van der Waals surface area contributed by atoms with Crippen LogP contribution in [0.25, 0.3) is 0 Å². The number of carbonyl (C=O) groups is 4. The molecule has 5 aliphatic rings. The molecule has 2 amide bonds. The lowest BCUT2D eigenvalue weighted by atomic mass is 9.54. The maximum atomic E-state index is 14.3. The zero-order valence-electron chi connectivity index (χ0n) is 28.1. The molecule has 0 aromatic heterocycles. The van der Waals surface area contributed by atoms with Crippen molar-refractivity contribution in [1.82, 2.24) is 5.32 Å². The lowest BCUT2D eigenvalue weighted by Gasteiger charge is -2.53. The molecule has 2 saturated carbocycles. The molecule has 12 atom stereocenters. The van der Waals surface area contributed by atoms with Crippen LogP contribution in [0.2, 0.25) is 0 Å². The number of benzene rings is 1. The van der Waals surface area contributed by atoms with Gasteiger partial charge < -0.3 is 35.8 Å². The van der Waals surface area contributed by atoms with Gasteiger partial charge in [-0.05, 0) is 54.2 Å². The topological polar surface area (TPSA) is 185 Å². The average molecular weight is 675 g/mol. The number of Topliss-reactive ketones (excluding diaryl/α,β-unsaturated/α-hetero) is 1. The van der Waals surface area contributed by atoms with E-state index in [1.165, 1.54) is 13.2 Å². The van der Waals surface area contributed by atoms with E-state index in [9.17, 15) is 34.5 Å². The number of nitrogens with two attached hydrogens (primary N) is 1. The molecular weight excluding hydrogens is 628 g/mol. The number of hydrogen-bond donors (Lipinski definition) is 5. The molecule has 0 radical (unpaired) electrons. The Hall–Kier alpha value is -3.90. The van der Waals surface area contributed by atoms with Crippen molar-refractivity contribution in [1.29, 1.82) is 0 Å². The van der Waals surface area contributed by atoms with E-state index < -0.39 is 82.9 Å². The number of ether oxygens (including phenoxy) is 2. The van der Waals surface area contributed by atoms with Gasteiger partial charge >= 0.3 is 5.97 Å². The second kappa shape index (κ2) is 13.1. The fourth-order valence-corrected chi connectivity index (χ4v) is 9.40. The molecule has 6 N–H and O–H groups in total. The summed E-state index contributed by atoms with van der Waals surface area (Å²) in [4.78, 5) is 55.2. The summed E-state index contributed by atoms with van der Waals surface area (Å²) >= 11 is 0. The quantitative estimate of drug-likeness (QED) is 0.235. The molecule has 2 aliphatic heterocycles. The van der Waals surface area contributed by atoms with Gasteiger partial charge in [0.2, 0.25) is 11.5 Å². The molecule has 11 nitrogen and oxygen atoms in total. The van der Waals surface area contributed by atoms with Crippen molar-refractivity contribution >= 4 is 23.6 Å². The minimum Gasteiger partial charge on any atom is -0.445 e. The highest BCUT2D eigenvalue weighted by atomic mass is 16.6. The number of rotatable bonds is 4. The number of ketones is 1. The van der Waals surface area contributed by atoms with E-state index in [0.717, 1.165) is 11.6 Å². The number of primary amides is 1. The highest BCUT2D eigenvalue weighted by Crippen LogP contribution is 2.61. The molecule has 11 heteroatoms. The van der Waals surface area contributed by atoms with Gasteiger partial charge in [0, 0.05) is 43.1 Å². The molecule has 1 aromatic carbocycles. The Morgan fingerprint density at radius 2 is 1.82 bits per heavy atom. The Morgan fingerprint density at radius 3 is 2.49 bits per heavy atom. The summed E-state index contributed by atoms with van der Waals surface area (Å²) in [5.41, 5.74) is 3.75. The molecule has 1 aromatic rings. The molecule has 0 bridgehead atoms. The Bertz CT molecular complexity index is 1630. The minimum atomic E-state index is -1.88. The second-order valence-corrected chi connectivity index (χ2v) is 14.4. The highest BCUT2D eigenvalue weighted by molar-refractivity contribution is 6.03. The molecule has 262 valence electrons. The first-order chi connectivity index (χ1) is 23.3. The molecule has 1 spiro atoms. The van der Waals surface area contributed by atoms with Crippen molar-refractivity contribution in [2.45, 2.75) is 82.0 Å². The van der Waals surface area contributed by atoms with Crippen molar-refractivity contribution in [3.8, 4) is 0 Å². The van der Waals surface area contributed by atoms with Crippen LogP contribution in [0.1, 0.15) is 45.1 Å². The Morgan fingerprint density at radius 1 is 1.10 bits per heavy atom. The van der Waals surface area contributed by atoms with Gasteiger partial charge in [-0.3, -0.25) is 14.4 Å². The summed E-state index contributed by atoms with van der Waals surface area (Å²) in [5.74, 6) is -5.73. The summed E-state index contributed by atoms with van der Waals surface area (Å²) in [6.45, 7) is 8.11. The zero-order valence-corrected chi connectivity index (χ0v) is 28.1. The van der Waals surface area contributed by atoms with Crippen molar-refractivity contribution in [3.05, 3.63) is 83.5 Å². The molecule has 6 rings (SSSR count). The number of esters is 1. The van der Waals surface area contributed by atoms with Gasteiger partial charge in [-0.1, -0.05) is 69.0 Å². The van der Waals surface area contributed by atoms with Gasteiger partial charge in [-0.25, -0.2) is 4.79 Å². The van der Waals surface area contributed by atoms with Crippen LogP contribution < -0.4 is 11.1 Å². The van der Waals surface area contributed by atoms with Crippen LogP contribution >= 0.6 is 0 Å². The summed E-state index contributed by atoms with van der Waals surface area (Å²) < 4.78 is 11.9.